The van der Waals surface area contributed by atoms with E-state index in [1.807, 2.05) is 46.8 Å². The maximum absolute atomic E-state index is 12.6. The minimum absolute atomic E-state index is 0.0605. The number of rotatable bonds is 4. The first-order valence-corrected chi connectivity index (χ1v) is 7.28. The highest BCUT2D eigenvalue weighted by Gasteiger charge is 2.19. The van der Waals surface area contributed by atoms with E-state index in [-0.39, 0.29) is 5.91 Å². The van der Waals surface area contributed by atoms with Crippen LogP contribution in [0.3, 0.4) is 0 Å². The van der Waals surface area contributed by atoms with Gasteiger partial charge in [-0.1, -0.05) is 6.92 Å². The van der Waals surface area contributed by atoms with Crippen molar-refractivity contribution >= 4 is 28.6 Å². The number of thiophene rings is 1. The molecule has 0 saturated heterocycles. The second kappa shape index (κ2) is 5.89. The summed E-state index contributed by atoms with van der Waals surface area (Å²) in [5.74, 6) is 0.0605. The van der Waals surface area contributed by atoms with Gasteiger partial charge >= 0.3 is 0 Å². The molecule has 0 aliphatic rings. The maximum atomic E-state index is 12.6. The van der Waals surface area contributed by atoms with Gasteiger partial charge in [0.15, 0.2) is 0 Å². The summed E-state index contributed by atoms with van der Waals surface area (Å²) in [6.07, 6.45) is 0.916. The minimum Gasteiger partial charge on any atom is -0.399 e. The zero-order chi connectivity index (χ0) is 13.8. The van der Waals surface area contributed by atoms with Crippen LogP contribution in [0.15, 0.2) is 35.0 Å². The van der Waals surface area contributed by atoms with Crippen molar-refractivity contribution in [1.82, 2.24) is 0 Å². The van der Waals surface area contributed by atoms with Gasteiger partial charge in [-0.05, 0) is 48.6 Å². The summed E-state index contributed by atoms with van der Waals surface area (Å²) in [4.78, 5) is 14.4. The molecule has 0 atom stereocenters. The summed E-state index contributed by atoms with van der Waals surface area (Å²) in [7, 11) is 0. The van der Waals surface area contributed by atoms with Gasteiger partial charge in [-0.15, -0.1) is 0 Å². The number of amides is 1. The van der Waals surface area contributed by atoms with Crippen LogP contribution in [-0.2, 0) is 0 Å². The maximum Gasteiger partial charge on any atom is 0.259 e. The lowest BCUT2D eigenvalue weighted by Crippen LogP contribution is -2.31. The molecule has 0 bridgehead atoms. The number of nitrogens with zero attached hydrogens (tertiary/aromatic N) is 1. The first-order valence-electron chi connectivity index (χ1n) is 6.33. The summed E-state index contributed by atoms with van der Waals surface area (Å²) >= 11 is 1.56. The number of carbonyl (C=O) groups excluding carboxylic acids is 1. The third-order valence-electron chi connectivity index (χ3n) is 2.98. The van der Waals surface area contributed by atoms with E-state index >= 15 is 0 Å². The molecule has 1 aromatic carbocycles. The Morgan fingerprint density at radius 1 is 1.26 bits per heavy atom. The van der Waals surface area contributed by atoms with Crippen LogP contribution in [0.2, 0.25) is 0 Å². The van der Waals surface area contributed by atoms with Gasteiger partial charge in [0, 0.05) is 23.3 Å². The smallest absolute Gasteiger partial charge is 0.259 e. The second-order valence-corrected chi connectivity index (χ2v) is 5.26. The van der Waals surface area contributed by atoms with Crippen molar-refractivity contribution in [2.24, 2.45) is 0 Å². The number of anilines is 2. The van der Waals surface area contributed by atoms with Gasteiger partial charge in [0.25, 0.3) is 5.91 Å². The van der Waals surface area contributed by atoms with Crippen molar-refractivity contribution in [3.05, 3.63) is 46.2 Å². The molecule has 1 amide bonds. The SMILES string of the molecule is CCCN(C(=O)c1cscc1C)c1ccc(N)cc1. The van der Waals surface area contributed by atoms with E-state index in [4.69, 9.17) is 5.73 Å². The summed E-state index contributed by atoms with van der Waals surface area (Å²) in [6, 6.07) is 7.44. The fraction of sp³-hybridized carbons (Fsp3) is 0.267. The van der Waals surface area contributed by atoms with Gasteiger partial charge < -0.3 is 10.6 Å². The van der Waals surface area contributed by atoms with Crippen LogP contribution in [0.5, 0.6) is 0 Å². The molecule has 0 unspecified atom stereocenters. The summed E-state index contributed by atoms with van der Waals surface area (Å²) in [6.45, 7) is 4.74. The van der Waals surface area contributed by atoms with Gasteiger partial charge in [0.1, 0.15) is 0 Å². The largest absolute Gasteiger partial charge is 0.399 e. The van der Waals surface area contributed by atoms with E-state index in [1.165, 1.54) is 0 Å². The van der Waals surface area contributed by atoms with Crippen LogP contribution in [0.4, 0.5) is 11.4 Å². The number of aryl methyl sites for hydroxylation is 1. The number of nitrogens with two attached hydrogens (primary N) is 1. The number of nitrogen functional groups attached to an aromatic ring is 1. The minimum atomic E-state index is 0.0605. The Morgan fingerprint density at radius 3 is 2.47 bits per heavy atom. The summed E-state index contributed by atoms with van der Waals surface area (Å²) in [5, 5.41) is 3.91. The van der Waals surface area contributed by atoms with Crippen molar-refractivity contribution in [3.63, 3.8) is 0 Å². The van der Waals surface area contributed by atoms with Crippen LogP contribution < -0.4 is 10.6 Å². The number of carbonyl (C=O) groups is 1. The van der Waals surface area contributed by atoms with Crippen LogP contribution >= 0.6 is 11.3 Å². The molecule has 1 heterocycles. The lowest BCUT2D eigenvalue weighted by Gasteiger charge is -2.22. The van der Waals surface area contributed by atoms with Crippen molar-refractivity contribution in [1.29, 1.82) is 0 Å². The van der Waals surface area contributed by atoms with E-state index in [9.17, 15) is 4.79 Å². The second-order valence-electron chi connectivity index (χ2n) is 4.52. The highest BCUT2D eigenvalue weighted by molar-refractivity contribution is 7.08. The average Bonchev–Trinajstić information content (AvgIpc) is 2.83. The van der Waals surface area contributed by atoms with Crippen molar-refractivity contribution in [3.8, 4) is 0 Å². The Bertz CT molecular complexity index is 560. The Balaban J connectivity index is 2.32. The molecular weight excluding hydrogens is 256 g/mol. The van der Waals surface area contributed by atoms with Crippen molar-refractivity contribution in [2.75, 3.05) is 17.2 Å². The Labute approximate surface area is 117 Å². The van der Waals surface area contributed by atoms with E-state index in [2.05, 4.69) is 6.92 Å². The number of hydrogen-bond acceptors (Lipinski definition) is 3. The average molecular weight is 274 g/mol. The summed E-state index contributed by atoms with van der Waals surface area (Å²) < 4.78 is 0. The molecule has 2 rings (SSSR count). The third-order valence-corrected chi connectivity index (χ3v) is 3.84. The van der Waals surface area contributed by atoms with Gasteiger partial charge in [0.05, 0.1) is 5.56 Å². The van der Waals surface area contributed by atoms with E-state index in [0.29, 0.717) is 12.2 Å². The van der Waals surface area contributed by atoms with E-state index in [0.717, 1.165) is 23.2 Å². The first kappa shape index (κ1) is 13.6. The van der Waals surface area contributed by atoms with Gasteiger partial charge in [-0.25, -0.2) is 0 Å². The summed E-state index contributed by atoms with van der Waals surface area (Å²) in [5.41, 5.74) is 9.12. The molecule has 0 saturated carbocycles. The highest BCUT2D eigenvalue weighted by Crippen LogP contribution is 2.22. The standard InChI is InChI=1S/C15H18N2OS/c1-3-8-17(13-6-4-12(16)5-7-13)15(18)14-10-19-9-11(14)2/h4-7,9-10H,3,8,16H2,1-2H3. The molecule has 3 nitrogen and oxygen atoms in total. The first-order chi connectivity index (χ1) is 9.13. The molecule has 0 fully saturated rings. The number of benzene rings is 1. The Hall–Kier alpha value is -1.81. The fourth-order valence-corrected chi connectivity index (χ4v) is 2.77. The molecule has 100 valence electrons. The molecule has 4 heteroatoms. The van der Waals surface area contributed by atoms with E-state index < -0.39 is 0 Å². The third kappa shape index (κ3) is 2.96. The molecule has 1 aromatic heterocycles. The Kier molecular flexibility index (Phi) is 4.22. The topological polar surface area (TPSA) is 46.3 Å². The van der Waals surface area contributed by atoms with Gasteiger partial charge in [0.2, 0.25) is 0 Å². The molecule has 0 aliphatic carbocycles. The fourth-order valence-electron chi connectivity index (χ4n) is 1.95. The lowest BCUT2D eigenvalue weighted by molar-refractivity contribution is 0.0987. The van der Waals surface area contributed by atoms with Crippen LogP contribution in [-0.4, -0.2) is 12.5 Å². The molecule has 0 spiro atoms. The van der Waals surface area contributed by atoms with Gasteiger partial charge in [-0.3, -0.25) is 4.79 Å². The lowest BCUT2D eigenvalue weighted by atomic mass is 10.1. The zero-order valence-corrected chi connectivity index (χ0v) is 12.0. The van der Waals surface area contributed by atoms with Crippen molar-refractivity contribution in [2.45, 2.75) is 20.3 Å². The normalized spacial score (nSPS) is 10.4. The predicted octanol–water partition coefficient (Wildman–Crippen LogP) is 3.70. The highest BCUT2D eigenvalue weighted by atomic mass is 32.1. The monoisotopic (exact) mass is 274 g/mol. The molecule has 19 heavy (non-hydrogen) atoms. The molecule has 0 aliphatic heterocycles. The molecule has 2 aromatic rings. The van der Waals surface area contributed by atoms with Crippen LogP contribution in [0.1, 0.15) is 29.3 Å². The van der Waals surface area contributed by atoms with Gasteiger partial charge in [-0.2, -0.15) is 11.3 Å². The number of hydrogen-bond donors (Lipinski definition) is 1. The molecule has 0 radical (unpaired) electrons. The van der Waals surface area contributed by atoms with E-state index in [1.54, 1.807) is 11.3 Å². The predicted molar refractivity (Wildman–Crippen MR) is 81.9 cm³/mol. The Morgan fingerprint density at radius 2 is 1.95 bits per heavy atom. The molecule has 2 N–H and O–H groups in total. The van der Waals surface area contributed by atoms with Crippen LogP contribution in [0.25, 0.3) is 0 Å². The quantitative estimate of drug-likeness (QED) is 0.864. The molecular formula is C15H18N2OS. The zero-order valence-electron chi connectivity index (χ0n) is 11.2. The van der Waals surface area contributed by atoms with Crippen molar-refractivity contribution < 1.29 is 4.79 Å². The van der Waals surface area contributed by atoms with Crippen LogP contribution in [0, 0.1) is 6.92 Å².